The van der Waals surface area contributed by atoms with Crippen molar-refractivity contribution in [2.75, 3.05) is 24.6 Å². The number of benzene rings is 1. The van der Waals surface area contributed by atoms with Crippen molar-refractivity contribution in [1.82, 2.24) is 4.90 Å². The Bertz CT molecular complexity index is 512. The van der Waals surface area contributed by atoms with Crippen LogP contribution < -0.4 is 5.73 Å². The molecule has 0 spiro atoms. The molecule has 1 aromatic rings. The number of halogens is 1. The number of amidine groups is 1. The summed E-state index contributed by atoms with van der Waals surface area (Å²) in [5, 5.41) is 11.5. The van der Waals surface area contributed by atoms with Gasteiger partial charge >= 0.3 is 0 Å². The third kappa shape index (κ3) is 3.74. The molecule has 0 radical (unpaired) electrons. The third-order valence-corrected chi connectivity index (χ3v) is 4.31. The Kier molecular flexibility index (Phi) is 4.49. The predicted molar refractivity (Wildman–Crippen MR) is 72.1 cm³/mol. The fourth-order valence-electron chi connectivity index (χ4n) is 2.04. The first kappa shape index (κ1) is 14.0. The summed E-state index contributed by atoms with van der Waals surface area (Å²) in [6.45, 7) is 2.05. The van der Waals surface area contributed by atoms with Gasteiger partial charge in [0.25, 0.3) is 0 Å². The van der Waals surface area contributed by atoms with Gasteiger partial charge in [0, 0.05) is 47.5 Å². The van der Waals surface area contributed by atoms with Gasteiger partial charge in [0.05, 0.1) is 0 Å². The van der Waals surface area contributed by atoms with Crippen LogP contribution in [0.25, 0.3) is 0 Å². The van der Waals surface area contributed by atoms with Crippen LogP contribution >= 0.6 is 0 Å². The van der Waals surface area contributed by atoms with Crippen LogP contribution in [0.15, 0.2) is 23.4 Å². The molecule has 104 valence electrons. The quantitative estimate of drug-likeness (QED) is 0.366. The third-order valence-electron chi connectivity index (χ3n) is 3.04. The fourth-order valence-corrected chi connectivity index (χ4v) is 3.17. The molecule has 1 aliphatic rings. The Labute approximate surface area is 113 Å². The maximum absolute atomic E-state index is 13.5. The molecule has 1 aliphatic heterocycles. The number of hydrogen-bond acceptors (Lipinski definition) is 4. The van der Waals surface area contributed by atoms with Crippen LogP contribution in [-0.2, 0) is 17.3 Å². The zero-order valence-electron chi connectivity index (χ0n) is 10.4. The average Bonchev–Trinajstić information content (AvgIpc) is 2.40. The van der Waals surface area contributed by atoms with Crippen LogP contribution in [0.1, 0.15) is 11.1 Å². The predicted octanol–water partition coefficient (Wildman–Crippen LogP) is 0.484. The highest BCUT2D eigenvalue weighted by Gasteiger charge is 2.16. The second kappa shape index (κ2) is 6.12. The molecule has 7 heteroatoms. The molecule has 1 fully saturated rings. The van der Waals surface area contributed by atoms with Crippen LogP contribution in [-0.4, -0.2) is 44.7 Å². The minimum absolute atomic E-state index is 0.111. The van der Waals surface area contributed by atoms with Crippen molar-refractivity contribution in [2.45, 2.75) is 6.54 Å². The van der Waals surface area contributed by atoms with E-state index in [-0.39, 0.29) is 5.84 Å². The molecule has 5 nitrogen and oxygen atoms in total. The number of nitrogens with two attached hydrogens (primary N) is 1. The molecule has 0 bridgehead atoms. The second-order valence-electron chi connectivity index (χ2n) is 4.46. The zero-order valence-corrected chi connectivity index (χ0v) is 11.2. The number of nitrogens with zero attached hydrogens (tertiary/aromatic N) is 2. The van der Waals surface area contributed by atoms with Crippen molar-refractivity contribution in [3.63, 3.8) is 0 Å². The standard InChI is InChI=1S/C12H16FN3O2S/c13-11-6-9(5-10(7-11)12(14)15-17)8-16-1-3-19(18)4-2-16/h5-7,17H,1-4,8H2,(H2,14,15). The Balaban J connectivity index is 2.12. The van der Waals surface area contributed by atoms with Gasteiger partial charge < -0.3 is 10.9 Å². The molecule has 0 atom stereocenters. The summed E-state index contributed by atoms with van der Waals surface area (Å²) >= 11 is 0. The maximum Gasteiger partial charge on any atom is 0.170 e. The Morgan fingerprint density at radius 2 is 2.11 bits per heavy atom. The van der Waals surface area contributed by atoms with E-state index >= 15 is 0 Å². The first-order valence-corrected chi connectivity index (χ1v) is 7.42. The van der Waals surface area contributed by atoms with Gasteiger partial charge in [-0.15, -0.1) is 0 Å². The molecule has 3 N–H and O–H groups in total. The van der Waals surface area contributed by atoms with Crippen molar-refractivity contribution < 1.29 is 13.8 Å². The van der Waals surface area contributed by atoms with Crippen molar-refractivity contribution in [1.29, 1.82) is 0 Å². The largest absolute Gasteiger partial charge is 0.409 e. The van der Waals surface area contributed by atoms with Gasteiger partial charge in [-0.05, 0) is 23.8 Å². The highest BCUT2D eigenvalue weighted by molar-refractivity contribution is 7.85. The highest BCUT2D eigenvalue weighted by atomic mass is 32.2. The topological polar surface area (TPSA) is 78.9 Å². The van der Waals surface area contributed by atoms with Gasteiger partial charge in [-0.25, -0.2) is 4.39 Å². The van der Waals surface area contributed by atoms with Gasteiger partial charge in [0.15, 0.2) is 5.84 Å². The van der Waals surface area contributed by atoms with Crippen LogP contribution in [0.4, 0.5) is 4.39 Å². The SMILES string of the molecule is N/C(=N/O)c1cc(F)cc(CN2CCS(=O)CC2)c1. The zero-order chi connectivity index (χ0) is 13.8. The lowest BCUT2D eigenvalue weighted by Gasteiger charge is -2.26. The first-order valence-electron chi connectivity index (χ1n) is 5.93. The van der Waals surface area contributed by atoms with E-state index in [2.05, 4.69) is 10.1 Å². The van der Waals surface area contributed by atoms with E-state index in [0.717, 1.165) is 18.7 Å². The van der Waals surface area contributed by atoms with Gasteiger partial charge in [-0.3, -0.25) is 9.11 Å². The van der Waals surface area contributed by atoms with E-state index in [1.807, 2.05) is 0 Å². The summed E-state index contributed by atoms with van der Waals surface area (Å²) in [6, 6.07) is 4.35. The van der Waals surface area contributed by atoms with Crippen LogP contribution in [0.2, 0.25) is 0 Å². The molecular formula is C12H16FN3O2S. The number of rotatable bonds is 3. The molecule has 0 amide bonds. The van der Waals surface area contributed by atoms with E-state index in [1.54, 1.807) is 6.07 Å². The van der Waals surface area contributed by atoms with Crippen LogP contribution in [0.5, 0.6) is 0 Å². The minimum Gasteiger partial charge on any atom is -0.409 e. The van der Waals surface area contributed by atoms with E-state index in [4.69, 9.17) is 10.9 Å². The van der Waals surface area contributed by atoms with Crippen molar-refractivity contribution in [3.8, 4) is 0 Å². The number of hydrogen-bond donors (Lipinski definition) is 2. The summed E-state index contributed by atoms with van der Waals surface area (Å²) in [5.41, 5.74) is 6.58. The minimum atomic E-state index is -0.724. The van der Waals surface area contributed by atoms with E-state index in [9.17, 15) is 8.60 Å². The van der Waals surface area contributed by atoms with E-state index in [0.29, 0.717) is 23.6 Å². The summed E-state index contributed by atoms with van der Waals surface area (Å²) in [6.07, 6.45) is 0. The molecule has 0 aliphatic carbocycles. The van der Waals surface area contributed by atoms with Gasteiger partial charge in [-0.1, -0.05) is 5.16 Å². The molecule has 2 rings (SSSR count). The fraction of sp³-hybridized carbons (Fsp3) is 0.417. The van der Waals surface area contributed by atoms with Crippen molar-refractivity contribution in [3.05, 3.63) is 35.1 Å². The monoisotopic (exact) mass is 285 g/mol. The molecule has 1 heterocycles. The van der Waals surface area contributed by atoms with Gasteiger partial charge in [0.1, 0.15) is 5.82 Å². The summed E-state index contributed by atoms with van der Waals surface area (Å²) in [5.74, 6) is 0.783. The molecule has 19 heavy (non-hydrogen) atoms. The smallest absolute Gasteiger partial charge is 0.170 e. The molecule has 0 aromatic heterocycles. The van der Waals surface area contributed by atoms with E-state index < -0.39 is 16.6 Å². The van der Waals surface area contributed by atoms with E-state index in [1.165, 1.54) is 12.1 Å². The number of oxime groups is 1. The molecule has 1 saturated heterocycles. The lowest BCUT2D eigenvalue weighted by atomic mass is 10.1. The summed E-state index contributed by atoms with van der Waals surface area (Å²) < 4.78 is 24.7. The Morgan fingerprint density at radius 3 is 2.74 bits per heavy atom. The summed E-state index contributed by atoms with van der Waals surface area (Å²) in [7, 11) is -0.724. The lowest BCUT2D eigenvalue weighted by Crippen LogP contribution is -2.37. The summed E-state index contributed by atoms with van der Waals surface area (Å²) in [4.78, 5) is 2.12. The van der Waals surface area contributed by atoms with Crippen LogP contribution in [0, 0.1) is 5.82 Å². The first-order chi connectivity index (χ1) is 9.08. The molecular weight excluding hydrogens is 269 g/mol. The molecule has 0 saturated carbocycles. The van der Waals surface area contributed by atoms with Gasteiger partial charge in [-0.2, -0.15) is 0 Å². The Hall–Kier alpha value is -1.47. The van der Waals surface area contributed by atoms with Crippen LogP contribution in [0.3, 0.4) is 0 Å². The molecule has 0 unspecified atom stereocenters. The lowest BCUT2D eigenvalue weighted by molar-refractivity contribution is 0.291. The molecule has 1 aromatic carbocycles. The normalized spacial score (nSPS) is 18.7. The second-order valence-corrected chi connectivity index (χ2v) is 6.15. The highest BCUT2D eigenvalue weighted by Crippen LogP contribution is 2.13. The Morgan fingerprint density at radius 1 is 1.42 bits per heavy atom. The van der Waals surface area contributed by atoms with Crippen molar-refractivity contribution >= 4 is 16.6 Å². The van der Waals surface area contributed by atoms with Gasteiger partial charge in [0.2, 0.25) is 0 Å². The maximum atomic E-state index is 13.5. The van der Waals surface area contributed by atoms with Crippen molar-refractivity contribution in [2.24, 2.45) is 10.9 Å². The average molecular weight is 285 g/mol.